The first-order valence-electron chi connectivity index (χ1n) is 8.06. The highest BCUT2D eigenvalue weighted by Crippen LogP contribution is 2.21. The Morgan fingerprint density at radius 3 is 2.76 bits per heavy atom. The molecule has 6 heteroatoms. The zero-order chi connectivity index (χ0) is 18.1. The zero-order valence-corrected chi connectivity index (χ0v) is 15.6. The van der Waals surface area contributed by atoms with Crippen molar-refractivity contribution in [1.82, 2.24) is 5.43 Å². The van der Waals surface area contributed by atoms with Crippen molar-refractivity contribution in [2.24, 2.45) is 5.10 Å². The van der Waals surface area contributed by atoms with Crippen LogP contribution in [0.2, 0.25) is 0 Å². The average molecular weight is 405 g/mol. The minimum Gasteiger partial charge on any atom is -0.494 e. The summed E-state index contributed by atoms with van der Waals surface area (Å²) in [5.41, 5.74) is 4.10. The number of hydrazone groups is 1. The van der Waals surface area contributed by atoms with Gasteiger partial charge in [0.15, 0.2) is 0 Å². The molecular weight excluding hydrogens is 384 g/mol. The Bertz CT molecular complexity index is 717. The van der Waals surface area contributed by atoms with E-state index in [1.807, 2.05) is 43.3 Å². The van der Waals surface area contributed by atoms with Crippen LogP contribution in [0.3, 0.4) is 0 Å². The summed E-state index contributed by atoms with van der Waals surface area (Å²) in [5, 5.41) is 14.1. The van der Waals surface area contributed by atoms with Gasteiger partial charge in [0.1, 0.15) is 5.75 Å². The van der Waals surface area contributed by atoms with Gasteiger partial charge in [0.25, 0.3) is 0 Å². The van der Waals surface area contributed by atoms with Gasteiger partial charge in [0.2, 0.25) is 5.91 Å². The summed E-state index contributed by atoms with van der Waals surface area (Å²) in [6, 6.07) is 14.8. The second kappa shape index (κ2) is 9.96. The van der Waals surface area contributed by atoms with Crippen molar-refractivity contribution >= 4 is 28.1 Å². The molecule has 2 aromatic carbocycles. The molecule has 2 aromatic rings. The van der Waals surface area contributed by atoms with Crippen molar-refractivity contribution < 1.29 is 14.6 Å². The minimum absolute atomic E-state index is 0.185. The summed E-state index contributed by atoms with van der Waals surface area (Å²) in [7, 11) is 0. The van der Waals surface area contributed by atoms with Crippen LogP contribution in [0.15, 0.2) is 58.1 Å². The zero-order valence-electron chi connectivity index (χ0n) is 14.0. The number of benzene rings is 2. The molecule has 0 heterocycles. The molecule has 5 nitrogen and oxygen atoms in total. The normalized spacial score (nSPS) is 12.1. The van der Waals surface area contributed by atoms with Gasteiger partial charge in [-0.3, -0.25) is 4.79 Å². The van der Waals surface area contributed by atoms with Crippen LogP contribution >= 0.6 is 15.9 Å². The summed E-state index contributed by atoms with van der Waals surface area (Å²) in [4.78, 5) is 11.8. The van der Waals surface area contributed by atoms with E-state index in [2.05, 4.69) is 26.5 Å². The van der Waals surface area contributed by atoms with Crippen molar-refractivity contribution in [3.05, 3.63) is 64.1 Å². The maximum atomic E-state index is 11.8. The number of ether oxygens (including phenoxy) is 1. The quantitative estimate of drug-likeness (QED) is 0.518. The number of carbonyl (C=O) groups excluding carboxylic acids is 1. The number of halogens is 1. The topological polar surface area (TPSA) is 70.9 Å². The summed E-state index contributed by atoms with van der Waals surface area (Å²) < 4.78 is 6.31. The first-order valence-corrected chi connectivity index (χ1v) is 8.86. The number of aliphatic hydroxyl groups is 1. The molecule has 0 fully saturated rings. The third-order valence-corrected chi connectivity index (χ3v) is 3.97. The molecule has 0 saturated heterocycles. The lowest BCUT2D eigenvalue weighted by Gasteiger charge is -2.11. The SMILES string of the molecule is CCOc1ccc([C@H](O)CCC(=O)N/N=C\c2cccc(Br)c2)cc1. The molecule has 0 unspecified atom stereocenters. The third kappa shape index (κ3) is 6.68. The molecular formula is C19H21BrN2O3. The molecule has 0 aliphatic heterocycles. The van der Waals surface area contributed by atoms with Crippen LogP contribution in [0.4, 0.5) is 0 Å². The van der Waals surface area contributed by atoms with Crippen molar-refractivity contribution in [3.8, 4) is 5.75 Å². The maximum Gasteiger partial charge on any atom is 0.240 e. The molecule has 2 N–H and O–H groups in total. The molecule has 0 aliphatic carbocycles. The monoisotopic (exact) mass is 404 g/mol. The summed E-state index contributed by atoms with van der Waals surface area (Å²) >= 11 is 3.37. The standard InChI is InChI=1S/C19H21BrN2O3/c1-2-25-17-8-6-15(7-9-17)18(23)10-11-19(24)22-21-13-14-4-3-5-16(20)12-14/h3-9,12-13,18,23H,2,10-11H2,1H3,(H,22,24)/b21-13-/t18-/m1/s1. The smallest absolute Gasteiger partial charge is 0.240 e. The average Bonchev–Trinajstić information content (AvgIpc) is 2.61. The Kier molecular flexibility index (Phi) is 7.63. The Hall–Kier alpha value is -2.18. The van der Waals surface area contributed by atoms with Crippen LogP contribution in [-0.2, 0) is 4.79 Å². The number of amides is 1. The summed E-state index contributed by atoms with van der Waals surface area (Å²) in [6.07, 6.45) is 1.39. The van der Waals surface area contributed by atoms with E-state index in [1.165, 1.54) is 0 Å². The summed E-state index contributed by atoms with van der Waals surface area (Å²) in [5.74, 6) is 0.523. The molecule has 132 valence electrons. The lowest BCUT2D eigenvalue weighted by Crippen LogP contribution is -2.18. The number of rotatable bonds is 8. The van der Waals surface area contributed by atoms with Crippen molar-refractivity contribution in [3.63, 3.8) is 0 Å². The number of hydrogen-bond donors (Lipinski definition) is 2. The molecule has 0 spiro atoms. The van der Waals surface area contributed by atoms with Gasteiger partial charge in [-0.2, -0.15) is 5.10 Å². The van der Waals surface area contributed by atoms with Crippen LogP contribution < -0.4 is 10.2 Å². The van der Waals surface area contributed by atoms with Crippen LogP contribution in [0, 0.1) is 0 Å². The number of nitrogens with zero attached hydrogens (tertiary/aromatic N) is 1. The second-order valence-corrected chi connectivity index (χ2v) is 6.32. The lowest BCUT2D eigenvalue weighted by molar-refractivity contribution is -0.121. The molecule has 1 atom stereocenters. The van der Waals surface area contributed by atoms with Gasteiger partial charge in [-0.1, -0.05) is 40.2 Å². The number of nitrogens with one attached hydrogen (secondary N) is 1. The van der Waals surface area contributed by atoms with Gasteiger partial charge < -0.3 is 9.84 Å². The molecule has 2 rings (SSSR count). The molecule has 0 aromatic heterocycles. The fraction of sp³-hybridized carbons (Fsp3) is 0.263. The van der Waals surface area contributed by atoms with Crippen LogP contribution in [-0.4, -0.2) is 23.8 Å². The Balaban J connectivity index is 1.77. The third-order valence-electron chi connectivity index (χ3n) is 3.47. The molecule has 0 radical (unpaired) electrons. The van der Waals surface area contributed by atoms with E-state index in [0.29, 0.717) is 13.0 Å². The van der Waals surface area contributed by atoms with E-state index in [1.54, 1.807) is 18.3 Å². The van der Waals surface area contributed by atoms with Crippen molar-refractivity contribution in [1.29, 1.82) is 0 Å². The van der Waals surface area contributed by atoms with E-state index >= 15 is 0 Å². The Morgan fingerprint density at radius 2 is 2.08 bits per heavy atom. The van der Waals surface area contributed by atoms with Gasteiger partial charge in [-0.05, 0) is 48.7 Å². The predicted molar refractivity (Wildman–Crippen MR) is 102 cm³/mol. The number of aliphatic hydroxyl groups excluding tert-OH is 1. The minimum atomic E-state index is -0.699. The van der Waals surface area contributed by atoms with Gasteiger partial charge in [0, 0.05) is 10.9 Å². The first-order chi connectivity index (χ1) is 12.1. The van der Waals surface area contributed by atoms with E-state index in [0.717, 1.165) is 21.3 Å². The second-order valence-electron chi connectivity index (χ2n) is 5.40. The van der Waals surface area contributed by atoms with Gasteiger partial charge in [0.05, 0.1) is 18.9 Å². The largest absolute Gasteiger partial charge is 0.494 e. The van der Waals surface area contributed by atoms with Gasteiger partial charge in [-0.15, -0.1) is 0 Å². The fourth-order valence-electron chi connectivity index (χ4n) is 2.21. The lowest BCUT2D eigenvalue weighted by atomic mass is 10.0. The molecule has 1 amide bonds. The van der Waals surface area contributed by atoms with E-state index in [4.69, 9.17) is 4.74 Å². The van der Waals surface area contributed by atoms with Crippen molar-refractivity contribution in [2.45, 2.75) is 25.9 Å². The molecule has 0 bridgehead atoms. The Morgan fingerprint density at radius 1 is 1.32 bits per heavy atom. The fourth-order valence-corrected chi connectivity index (χ4v) is 2.63. The maximum absolute atomic E-state index is 11.8. The van der Waals surface area contributed by atoms with E-state index in [9.17, 15) is 9.90 Å². The predicted octanol–water partition coefficient (Wildman–Crippen LogP) is 3.81. The molecule has 0 saturated carbocycles. The van der Waals surface area contributed by atoms with Crippen LogP contribution in [0.25, 0.3) is 0 Å². The number of carbonyl (C=O) groups is 1. The van der Waals surface area contributed by atoms with Crippen molar-refractivity contribution in [2.75, 3.05) is 6.61 Å². The van der Waals surface area contributed by atoms with Gasteiger partial charge >= 0.3 is 0 Å². The first kappa shape index (κ1) is 19.1. The number of hydrogen-bond acceptors (Lipinski definition) is 4. The molecule has 0 aliphatic rings. The molecule has 25 heavy (non-hydrogen) atoms. The van der Waals surface area contributed by atoms with Crippen LogP contribution in [0.1, 0.15) is 37.0 Å². The summed E-state index contributed by atoms with van der Waals surface area (Å²) in [6.45, 7) is 2.52. The van der Waals surface area contributed by atoms with E-state index in [-0.39, 0.29) is 12.3 Å². The van der Waals surface area contributed by atoms with E-state index < -0.39 is 6.10 Å². The Labute approximate surface area is 155 Å². The highest BCUT2D eigenvalue weighted by molar-refractivity contribution is 9.10. The highest BCUT2D eigenvalue weighted by Gasteiger charge is 2.10. The van der Waals surface area contributed by atoms with Crippen LogP contribution in [0.5, 0.6) is 5.75 Å². The highest BCUT2D eigenvalue weighted by atomic mass is 79.9. The van der Waals surface area contributed by atoms with Gasteiger partial charge in [-0.25, -0.2) is 5.43 Å².